The second-order valence-electron chi connectivity index (χ2n) is 4.73. The predicted octanol–water partition coefficient (Wildman–Crippen LogP) is 2.96. The van der Waals surface area contributed by atoms with Crippen LogP contribution in [0.15, 0.2) is 36.2 Å². The van der Waals surface area contributed by atoms with E-state index in [0.717, 1.165) is 6.67 Å². The summed E-state index contributed by atoms with van der Waals surface area (Å²) in [4.78, 5) is 4.58. The second kappa shape index (κ2) is 3.14. The van der Waals surface area contributed by atoms with Gasteiger partial charge in [-0.3, -0.25) is 0 Å². The average molecular weight is 212 g/mol. The van der Waals surface area contributed by atoms with Gasteiger partial charge in [0.05, 0.1) is 18.1 Å². The zero-order valence-electron chi connectivity index (χ0n) is 9.99. The van der Waals surface area contributed by atoms with Gasteiger partial charge in [-0.2, -0.15) is 0 Å². The lowest BCUT2D eigenvalue weighted by atomic mass is 9.97. The van der Waals surface area contributed by atoms with Crippen molar-refractivity contribution in [3.63, 3.8) is 0 Å². The predicted molar refractivity (Wildman–Crippen MR) is 68.0 cm³/mol. The van der Waals surface area contributed by atoms with Gasteiger partial charge in [0, 0.05) is 18.8 Å². The van der Waals surface area contributed by atoms with Crippen LogP contribution in [-0.4, -0.2) is 18.6 Å². The van der Waals surface area contributed by atoms with Crippen LogP contribution in [0.5, 0.6) is 0 Å². The van der Waals surface area contributed by atoms with Crippen molar-refractivity contribution in [1.29, 1.82) is 0 Å². The van der Waals surface area contributed by atoms with Crippen molar-refractivity contribution in [3.8, 4) is 0 Å². The van der Waals surface area contributed by atoms with Gasteiger partial charge in [-0.15, -0.1) is 0 Å². The van der Waals surface area contributed by atoms with Gasteiger partial charge in [-0.25, -0.2) is 0 Å². The maximum Gasteiger partial charge on any atom is 0.0945 e. The smallest absolute Gasteiger partial charge is 0.0945 e. The van der Waals surface area contributed by atoms with Crippen LogP contribution in [0, 0.1) is 6.92 Å². The molecule has 0 fully saturated rings. The van der Waals surface area contributed by atoms with Gasteiger partial charge in [-0.1, -0.05) is 11.6 Å². The molecule has 2 nitrogen and oxygen atoms in total. The molecule has 0 unspecified atom stereocenters. The molecule has 0 aliphatic carbocycles. The van der Waals surface area contributed by atoms with E-state index in [9.17, 15) is 0 Å². The van der Waals surface area contributed by atoms with Crippen LogP contribution in [0.2, 0.25) is 0 Å². The lowest BCUT2D eigenvalue weighted by Crippen LogP contribution is -2.26. The summed E-state index contributed by atoms with van der Waals surface area (Å²) >= 11 is 0. The molecule has 0 atom stereocenters. The first kappa shape index (κ1) is 9.52. The normalized spacial score (nSPS) is 17.9. The van der Waals surface area contributed by atoms with E-state index < -0.39 is 0 Å². The zero-order valence-corrected chi connectivity index (χ0v) is 9.99. The van der Waals surface area contributed by atoms with Crippen molar-refractivity contribution in [2.45, 2.75) is 13.8 Å². The van der Waals surface area contributed by atoms with Crippen LogP contribution in [0.25, 0.3) is 5.57 Å². The molecular formula is C14H16N2. The number of fused-ring (bicyclic) bond motifs is 3. The Morgan fingerprint density at radius 2 is 2.00 bits per heavy atom. The van der Waals surface area contributed by atoms with E-state index in [2.05, 4.69) is 61.2 Å². The number of hydrogen-bond acceptors (Lipinski definition) is 2. The second-order valence-corrected chi connectivity index (χ2v) is 4.73. The molecule has 0 radical (unpaired) electrons. The number of aryl methyl sites for hydroxylation is 1. The number of hydrogen-bond donors (Lipinski definition) is 0. The van der Waals surface area contributed by atoms with Gasteiger partial charge in [0.2, 0.25) is 0 Å². The summed E-state index contributed by atoms with van der Waals surface area (Å²) in [6.45, 7) is 5.29. The van der Waals surface area contributed by atoms with Gasteiger partial charge in [0.15, 0.2) is 0 Å². The fraction of sp³-hybridized carbons (Fsp3) is 0.286. The highest BCUT2D eigenvalue weighted by atomic mass is 15.3. The van der Waals surface area contributed by atoms with Gasteiger partial charge in [0.1, 0.15) is 0 Å². The van der Waals surface area contributed by atoms with Crippen LogP contribution in [0.1, 0.15) is 18.1 Å². The van der Waals surface area contributed by atoms with E-state index in [-0.39, 0.29) is 0 Å². The van der Waals surface area contributed by atoms with Gasteiger partial charge >= 0.3 is 0 Å². The quantitative estimate of drug-likeness (QED) is 0.652. The molecule has 0 aromatic heterocycles. The molecular weight excluding hydrogens is 196 g/mol. The van der Waals surface area contributed by atoms with Gasteiger partial charge < -0.3 is 9.80 Å². The van der Waals surface area contributed by atoms with Crippen LogP contribution < -0.4 is 4.90 Å². The third-order valence-corrected chi connectivity index (χ3v) is 3.26. The van der Waals surface area contributed by atoms with Gasteiger partial charge in [0.25, 0.3) is 0 Å². The molecule has 2 aliphatic rings. The minimum atomic E-state index is 0.954. The molecule has 0 saturated heterocycles. The molecule has 2 heteroatoms. The minimum Gasteiger partial charge on any atom is -0.361 e. The number of nitrogens with zero attached hydrogens (tertiary/aromatic N) is 2. The number of rotatable bonds is 0. The largest absolute Gasteiger partial charge is 0.361 e. The Morgan fingerprint density at radius 3 is 2.81 bits per heavy atom. The van der Waals surface area contributed by atoms with Crippen molar-refractivity contribution in [2.75, 3.05) is 18.6 Å². The van der Waals surface area contributed by atoms with E-state index in [1.165, 1.54) is 28.1 Å². The van der Waals surface area contributed by atoms with E-state index in [1.807, 2.05) is 0 Å². The topological polar surface area (TPSA) is 6.48 Å². The highest BCUT2D eigenvalue weighted by molar-refractivity contribution is 5.84. The number of benzene rings is 1. The minimum absolute atomic E-state index is 0.954. The third-order valence-electron chi connectivity index (χ3n) is 3.26. The highest BCUT2D eigenvalue weighted by Crippen LogP contribution is 2.38. The molecule has 0 amide bonds. The molecule has 0 N–H and O–H groups in total. The molecule has 0 saturated carbocycles. The Labute approximate surface area is 96.5 Å². The van der Waals surface area contributed by atoms with Crippen molar-refractivity contribution < 1.29 is 0 Å². The molecule has 1 aromatic carbocycles. The summed E-state index contributed by atoms with van der Waals surface area (Å²) in [7, 11) is 2.11. The Morgan fingerprint density at radius 1 is 1.19 bits per heavy atom. The first-order valence-corrected chi connectivity index (χ1v) is 5.64. The Bertz CT molecular complexity index is 511. The van der Waals surface area contributed by atoms with Crippen LogP contribution in [0.4, 0.5) is 5.69 Å². The fourth-order valence-electron chi connectivity index (χ4n) is 2.47. The lowest BCUT2D eigenvalue weighted by molar-refractivity contribution is 0.495. The lowest BCUT2D eigenvalue weighted by Gasteiger charge is -2.28. The van der Waals surface area contributed by atoms with Crippen molar-refractivity contribution in [3.05, 3.63) is 47.3 Å². The Kier molecular flexibility index (Phi) is 1.87. The van der Waals surface area contributed by atoms with Crippen LogP contribution >= 0.6 is 0 Å². The average Bonchev–Trinajstić information content (AvgIpc) is 2.59. The van der Waals surface area contributed by atoms with E-state index in [0.29, 0.717) is 0 Å². The third kappa shape index (κ3) is 1.26. The van der Waals surface area contributed by atoms with E-state index in [4.69, 9.17) is 0 Å². The summed E-state index contributed by atoms with van der Waals surface area (Å²) < 4.78 is 0. The molecule has 2 aliphatic heterocycles. The summed E-state index contributed by atoms with van der Waals surface area (Å²) in [5.74, 6) is 0. The summed E-state index contributed by atoms with van der Waals surface area (Å²) in [5, 5.41) is 0. The molecule has 0 bridgehead atoms. The van der Waals surface area contributed by atoms with E-state index in [1.54, 1.807) is 0 Å². The summed E-state index contributed by atoms with van der Waals surface area (Å²) in [6.07, 6.45) is 4.47. The molecule has 16 heavy (non-hydrogen) atoms. The molecule has 3 rings (SSSR count). The molecule has 0 spiro atoms. The standard InChI is InChI=1S/C14H16N2/c1-10-4-5-14-13(6-10)11(2)7-12-8-15(3)9-16(12)14/h4-8H,9H2,1-3H3. The first-order chi connectivity index (χ1) is 7.65. The maximum absolute atomic E-state index is 2.36. The summed E-state index contributed by atoms with van der Waals surface area (Å²) in [6, 6.07) is 6.69. The molecule has 2 heterocycles. The Balaban J connectivity index is 2.19. The Hall–Kier alpha value is -1.70. The highest BCUT2D eigenvalue weighted by Gasteiger charge is 2.25. The summed E-state index contributed by atoms with van der Waals surface area (Å²) in [5.41, 5.74) is 6.69. The molecule has 1 aromatic rings. The van der Waals surface area contributed by atoms with Crippen LogP contribution in [-0.2, 0) is 0 Å². The van der Waals surface area contributed by atoms with Crippen LogP contribution in [0.3, 0.4) is 0 Å². The van der Waals surface area contributed by atoms with Crippen molar-refractivity contribution in [1.82, 2.24) is 4.90 Å². The van der Waals surface area contributed by atoms with Crippen molar-refractivity contribution in [2.24, 2.45) is 0 Å². The van der Waals surface area contributed by atoms with E-state index >= 15 is 0 Å². The fourth-order valence-corrected chi connectivity index (χ4v) is 2.47. The number of anilines is 1. The van der Waals surface area contributed by atoms with Gasteiger partial charge in [-0.05, 0) is 37.6 Å². The zero-order chi connectivity index (χ0) is 11.3. The maximum atomic E-state index is 2.36. The number of allylic oxidation sites excluding steroid dienone is 2. The first-order valence-electron chi connectivity index (χ1n) is 5.64. The monoisotopic (exact) mass is 212 g/mol. The van der Waals surface area contributed by atoms with Crippen molar-refractivity contribution >= 4 is 11.3 Å². The SMILES string of the molecule is CC1=CC2=CN(C)CN2c2ccc(C)cc21. The molecule has 82 valence electrons.